The number of aryl methyl sites for hydroxylation is 1. The largest absolute Gasteiger partial charge is 0.493 e. The van der Waals surface area contributed by atoms with E-state index in [1.165, 1.54) is 31.6 Å². The predicted molar refractivity (Wildman–Crippen MR) is 79.4 cm³/mol. The minimum atomic E-state index is -0.304. The van der Waals surface area contributed by atoms with Crippen molar-refractivity contribution in [2.24, 2.45) is 0 Å². The highest BCUT2D eigenvalue weighted by Crippen LogP contribution is 2.36. The van der Waals surface area contributed by atoms with Gasteiger partial charge in [0.15, 0.2) is 16.6 Å². The molecular weight excluding hydrogens is 300 g/mol. The lowest BCUT2D eigenvalue weighted by molar-refractivity contribution is 0.102. The first-order valence-electron chi connectivity index (χ1n) is 5.70. The molecule has 0 aliphatic carbocycles. The number of methoxy groups -OCH3 is 2. The maximum atomic E-state index is 12.1. The number of benzene rings is 1. The number of nitrogens with one attached hydrogen (secondary N) is 1. The second-order valence-corrected chi connectivity index (χ2v) is 5.21. The van der Waals surface area contributed by atoms with Gasteiger partial charge in [0.2, 0.25) is 0 Å². The number of hydrogen-bond acceptors (Lipinski definition) is 5. The van der Waals surface area contributed by atoms with Crippen molar-refractivity contribution in [1.29, 1.82) is 0 Å². The number of amides is 1. The second kappa shape index (κ2) is 6.11. The van der Waals surface area contributed by atoms with Gasteiger partial charge in [0.1, 0.15) is 0 Å². The summed E-state index contributed by atoms with van der Waals surface area (Å²) in [6, 6.07) is 3.10. The fraction of sp³-hybridized carbons (Fsp3) is 0.231. The van der Waals surface area contributed by atoms with Gasteiger partial charge in [-0.1, -0.05) is 11.6 Å². The van der Waals surface area contributed by atoms with Gasteiger partial charge in [0, 0.05) is 10.9 Å². The summed E-state index contributed by atoms with van der Waals surface area (Å²) in [4.78, 5) is 16.3. The molecule has 1 aromatic heterocycles. The van der Waals surface area contributed by atoms with Crippen LogP contribution in [0.15, 0.2) is 17.5 Å². The van der Waals surface area contributed by atoms with Crippen LogP contribution in [-0.4, -0.2) is 25.1 Å². The Hall–Kier alpha value is -1.79. The van der Waals surface area contributed by atoms with E-state index < -0.39 is 0 Å². The third-order valence-electron chi connectivity index (χ3n) is 2.54. The van der Waals surface area contributed by atoms with Gasteiger partial charge in [-0.15, -0.1) is 11.3 Å². The number of carbonyl (C=O) groups excluding carboxylic acids is 1. The van der Waals surface area contributed by atoms with Crippen LogP contribution < -0.4 is 14.8 Å². The lowest BCUT2D eigenvalue weighted by Gasteiger charge is -2.11. The summed E-state index contributed by atoms with van der Waals surface area (Å²) in [6.45, 7) is 1.86. The van der Waals surface area contributed by atoms with Crippen LogP contribution in [0.3, 0.4) is 0 Å². The maximum Gasteiger partial charge on any atom is 0.257 e. The molecule has 1 aromatic carbocycles. The van der Waals surface area contributed by atoms with Crippen LogP contribution in [-0.2, 0) is 0 Å². The van der Waals surface area contributed by atoms with Crippen LogP contribution in [0.25, 0.3) is 0 Å². The van der Waals surface area contributed by atoms with Gasteiger partial charge in [0.25, 0.3) is 5.91 Å². The zero-order valence-corrected chi connectivity index (χ0v) is 12.8. The molecular formula is C13H13ClN2O3S. The first kappa shape index (κ1) is 14.6. The van der Waals surface area contributed by atoms with E-state index in [1.54, 1.807) is 6.07 Å². The average molecular weight is 313 g/mol. The SMILES string of the molecule is COc1cc(C(=O)Nc2nc(C)cs2)cc(Cl)c1OC. The molecule has 0 aliphatic rings. The third kappa shape index (κ3) is 3.02. The van der Waals surface area contributed by atoms with Gasteiger partial charge < -0.3 is 9.47 Å². The maximum absolute atomic E-state index is 12.1. The summed E-state index contributed by atoms with van der Waals surface area (Å²) in [5.74, 6) is 0.499. The van der Waals surface area contributed by atoms with Crippen molar-refractivity contribution < 1.29 is 14.3 Å². The highest BCUT2D eigenvalue weighted by molar-refractivity contribution is 7.13. The van der Waals surface area contributed by atoms with E-state index >= 15 is 0 Å². The quantitative estimate of drug-likeness (QED) is 0.940. The number of ether oxygens (including phenoxy) is 2. The lowest BCUT2D eigenvalue weighted by atomic mass is 10.2. The highest BCUT2D eigenvalue weighted by Gasteiger charge is 2.16. The molecule has 106 valence electrons. The van der Waals surface area contributed by atoms with Gasteiger partial charge in [-0.25, -0.2) is 4.98 Å². The van der Waals surface area contributed by atoms with Crippen LogP contribution >= 0.6 is 22.9 Å². The molecule has 5 nitrogen and oxygen atoms in total. The minimum Gasteiger partial charge on any atom is -0.493 e. The topological polar surface area (TPSA) is 60.5 Å². The summed E-state index contributed by atoms with van der Waals surface area (Å²) in [5.41, 5.74) is 1.23. The second-order valence-electron chi connectivity index (χ2n) is 3.94. The molecule has 0 bridgehead atoms. The Morgan fingerprint density at radius 3 is 2.65 bits per heavy atom. The van der Waals surface area contributed by atoms with Gasteiger partial charge in [-0.3, -0.25) is 10.1 Å². The molecule has 0 saturated carbocycles. The number of thiazole rings is 1. The molecule has 1 N–H and O–H groups in total. The molecule has 1 amide bonds. The number of halogens is 1. The third-order valence-corrected chi connectivity index (χ3v) is 3.69. The molecule has 0 fully saturated rings. The van der Waals surface area contributed by atoms with E-state index in [4.69, 9.17) is 21.1 Å². The molecule has 0 aliphatic heterocycles. The van der Waals surface area contributed by atoms with Gasteiger partial charge in [-0.05, 0) is 19.1 Å². The van der Waals surface area contributed by atoms with Crippen LogP contribution in [0, 0.1) is 6.92 Å². The monoisotopic (exact) mass is 312 g/mol. The first-order valence-corrected chi connectivity index (χ1v) is 6.96. The van der Waals surface area contributed by atoms with E-state index in [0.29, 0.717) is 27.2 Å². The Balaban J connectivity index is 2.28. The Labute approximate surface area is 125 Å². The molecule has 0 spiro atoms. The van der Waals surface area contributed by atoms with Crippen molar-refractivity contribution in [3.8, 4) is 11.5 Å². The summed E-state index contributed by atoms with van der Waals surface area (Å²) < 4.78 is 10.3. The number of nitrogens with zero attached hydrogens (tertiary/aromatic N) is 1. The van der Waals surface area contributed by atoms with Crippen LogP contribution in [0.1, 0.15) is 16.1 Å². The molecule has 0 radical (unpaired) electrons. The molecule has 2 aromatic rings. The number of anilines is 1. The summed E-state index contributed by atoms with van der Waals surface area (Å²) in [5, 5.41) is 5.42. The van der Waals surface area contributed by atoms with E-state index in [0.717, 1.165) is 5.69 Å². The minimum absolute atomic E-state index is 0.304. The Bertz CT molecular complexity index is 643. The van der Waals surface area contributed by atoms with Gasteiger partial charge in [0.05, 0.1) is 24.9 Å². The number of aromatic nitrogens is 1. The summed E-state index contributed by atoms with van der Waals surface area (Å²) in [6.07, 6.45) is 0. The summed E-state index contributed by atoms with van der Waals surface area (Å²) >= 11 is 7.43. The van der Waals surface area contributed by atoms with E-state index in [-0.39, 0.29) is 5.91 Å². The normalized spacial score (nSPS) is 10.2. The lowest BCUT2D eigenvalue weighted by Crippen LogP contribution is -2.12. The van der Waals surface area contributed by atoms with E-state index in [1.807, 2.05) is 12.3 Å². The van der Waals surface area contributed by atoms with Crippen molar-refractivity contribution in [1.82, 2.24) is 4.98 Å². The average Bonchev–Trinajstić information content (AvgIpc) is 2.82. The Morgan fingerprint density at radius 2 is 2.10 bits per heavy atom. The predicted octanol–water partition coefficient (Wildman–Crippen LogP) is 3.37. The molecule has 0 saturated heterocycles. The zero-order valence-electron chi connectivity index (χ0n) is 11.2. The fourth-order valence-electron chi connectivity index (χ4n) is 1.63. The zero-order chi connectivity index (χ0) is 14.7. The van der Waals surface area contributed by atoms with E-state index in [9.17, 15) is 4.79 Å². The van der Waals surface area contributed by atoms with E-state index in [2.05, 4.69) is 10.3 Å². The number of carbonyl (C=O) groups is 1. The molecule has 0 atom stereocenters. The number of hydrogen-bond donors (Lipinski definition) is 1. The van der Waals surface area contributed by atoms with Crippen molar-refractivity contribution in [2.75, 3.05) is 19.5 Å². The van der Waals surface area contributed by atoms with Gasteiger partial charge in [-0.2, -0.15) is 0 Å². The highest BCUT2D eigenvalue weighted by atomic mass is 35.5. The van der Waals surface area contributed by atoms with Crippen LogP contribution in [0.2, 0.25) is 5.02 Å². The molecule has 2 rings (SSSR count). The van der Waals surface area contributed by atoms with Gasteiger partial charge >= 0.3 is 0 Å². The summed E-state index contributed by atoms with van der Waals surface area (Å²) in [7, 11) is 2.97. The molecule has 0 unspecified atom stereocenters. The smallest absolute Gasteiger partial charge is 0.257 e. The first-order chi connectivity index (χ1) is 9.55. The molecule has 1 heterocycles. The van der Waals surface area contributed by atoms with Crippen molar-refractivity contribution in [3.63, 3.8) is 0 Å². The number of rotatable bonds is 4. The molecule has 20 heavy (non-hydrogen) atoms. The standard InChI is InChI=1S/C13H13ClN2O3S/c1-7-6-20-13(15-7)16-12(17)8-4-9(14)11(19-3)10(5-8)18-2/h4-6H,1-3H3,(H,15,16,17). The Kier molecular flexibility index (Phi) is 4.46. The van der Waals surface area contributed by atoms with Crippen molar-refractivity contribution >= 4 is 34.0 Å². The van der Waals surface area contributed by atoms with Crippen molar-refractivity contribution in [3.05, 3.63) is 33.8 Å². The Morgan fingerprint density at radius 1 is 1.35 bits per heavy atom. The van der Waals surface area contributed by atoms with Crippen LogP contribution in [0.5, 0.6) is 11.5 Å². The fourth-order valence-corrected chi connectivity index (χ4v) is 2.60. The van der Waals surface area contributed by atoms with Crippen LogP contribution in [0.4, 0.5) is 5.13 Å². The molecule has 7 heteroatoms. The van der Waals surface area contributed by atoms with Crippen molar-refractivity contribution in [2.45, 2.75) is 6.92 Å².